The molecule has 2 saturated carbocycles. The van der Waals surface area contributed by atoms with Crippen LogP contribution in [0.15, 0.2) is 21.1 Å². The highest BCUT2D eigenvalue weighted by atomic mass is 79.9. The summed E-state index contributed by atoms with van der Waals surface area (Å²) in [6.07, 6.45) is 6.13. The number of ketones is 1. The molecule has 0 heterocycles. The van der Waals surface area contributed by atoms with E-state index < -0.39 is 0 Å². The fourth-order valence-corrected chi connectivity index (χ4v) is 4.86. The lowest BCUT2D eigenvalue weighted by molar-refractivity contribution is 0.0943. The molecule has 3 atom stereocenters. The average Bonchev–Trinajstić information content (AvgIpc) is 2.95. The van der Waals surface area contributed by atoms with Gasteiger partial charge in [-0.25, -0.2) is 0 Å². The third-order valence-electron chi connectivity index (χ3n) is 4.88. The first kappa shape index (κ1) is 13.8. The van der Waals surface area contributed by atoms with Gasteiger partial charge in [0.05, 0.1) is 0 Å². The lowest BCUT2D eigenvalue weighted by atomic mass is 9.84. The number of hydrogen-bond donors (Lipinski definition) is 0. The van der Waals surface area contributed by atoms with Gasteiger partial charge in [-0.1, -0.05) is 38.3 Å². The summed E-state index contributed by atoms with van der Waals surface area (Å²) in [4.78, 5) is 12.5. The van der Waals surface area contributed by atoms with Crippen LogP contribution >= 0.6 is 31.9 Å². The highest BCUT2D eigenvalue weighted by molar-refractivity contribution is 9.11. The third-order valence-corrected chi connectivity index (χ3v) is 6.39. The number of carbonyl (C=O) groups is 1. The summed E-state index contributed by atoms with van der Waals surface area (Å²) in [5.41, 5.74) is 1.99. The highest BCUT2D eigenvalue weighted by Crippen LogP contribution is 2.50. The summed E-state index contributed by atoms with van der Waals surface area (Å²) in [6.45, 7) is 2.04. The number of carbonyl (C=O) groups excluding carboxylic acids is 1. The van der Waals surface area contributed by atoms with E-state index in [1.165, 1.54) is 25.7 Å². The van der Waals surface area contributed by atoms with Gasteiger partial charge in [0.15, 0.2) is 5.78 Å². The van der Waals surface area contributed by atoms with Crippen LogP contribution in [0.4, 0.5) is 0 Å². The first-order valence-electron chi connectivity index (χ1n) is 7.03. The Labute approximate surface area is 131 Å². The Bertz CT molecular complexity index is 524. The van der Waals surface area contributed by atoms with E-state index in [2.05, 4.69) is 31.9 Å². The van der Waals surface area contributed by atoms with Gasteiger partial charge >= 0.3 is 0 Å². The molecule has 3 rings (SSSR count). The zero-order valence-corrected chi connectivity index (χ0v) is 14.3. The number of rotatable bonds is 3. The standard InChI is InChI=1S/C16H18Br2O/c1-9-4-15(18)13(8-14(9)17)16(19)7-12-6-10-2-3-11(12)5-10/h4,8,10-12H,2-3,5-7H2,1H3. The average molecular weight is 386 g/mol. The number of fused-ring (bicyclic) bond motifs is 2. The highest BCUT2D eigenvalue weighted by Gasteiger charge is 2.40. The normalized spacial score (nSPS) is 28.9. The molecule has 1 aromatic carbocycles. The molecule has 2 aliphatic rings. The molecule has 19 heavy (non-hydrogen) atoms. The number of benzene rings is 1. The predicted octanol–water partition coefficient (Wildman–Crippen LogP) is 5.53. The molecule has 2 fully saturated rings. The van der Waals surface area contributed by atoms with E-state index in [0.29, 0.717) is 11.7 Å². The summed E-state index contributed by atoms with van der Waals surface area (Å²) in [5.74, 6) is 2.67. The minimum Gasteiger partial charge on any atom is -0.294 e. The predicted molar refractivity (Wildman–Crippen MR) is 84.5 cm³/mol. The molecule has 2 bridgehead atoms. The van der Waals surface area contributed by atoms with Crippen LogP contribution in [-0.4, -0.2) is 5.78 Å². The van der Waals surface area contributed by atoms with E-state index in [4.69, 9.17) is 0 Å². The van der Waals surface area contributed by atoms with Gasteiger partial charge in [0, 0.05) is 20.9 Å². The molecule has 1 nitrogen and oxygen atoms in total. The van der Waals surface area contributed by atoms with Crippen LogP contribution in [0.25, 0.3) is 0 Å². The Balaban J connectivity index is 1.75. The van der Waals surface area contributed by atoms with Gasteiger partial charge in [-0.05, 0) is 61.6 Å². The lowest BCUT2D eigenvalue weighted by Gasteiger charge is -2.21. The first-order valence-corrected chi connectivity index (χ1v) is 8.62. The van der Waals surface area contributed by atoms with Crippen molar-refractivity contribution >= 4 is 37.6 Å². The monoisotopic (exact) mass is 384 g/mol. The van der Waals surface area contributed by atoms with E-state index in [9.17, 15) is 4.79 Å². The van der Waals surface area contributed by atoms with Crippen molar-refractivity contribution in [3.05, 3.63) is 32.2 Å². The van der Waals surface area contributed by atoms with Crippen molar-refractivity contribution < 1.29 is 4.79 Å². The van der Waals surface area contributed by atoms with E-state index >= 15 is 0 Å². The fraction of sp³-hybridized carbons (Fsp3) is 0.562. The van der Waals surface area contributed by atoms with Crippen molar-refractivity contribution in [2.75, 3.05) is 0 Å². The van der Waals surface area contributed by atoms with Crippen LogP contribution in [-0.2, 0) is 0 Å². The Morgan fingerprint density at radius 1 is 1.21 bits per heavy atom. The summed E-state index contributed by atoms with van der Waals surface area (Å²) >= 11 is 7.05. The van der Waals surface area contributed by atoms with Crippen molar-refractivity contribution in [1.29, 1.82) is 0 Å². The van der Waals surface area contributed by atoms with Crippen molar-refractivity contribution in [3.8, 4) is 0 Å². The van der Waals surface area contributed by atoms with Crippen LogP contribution in [0, 0.1) is 24.7 Å². The maximum atomic E-state index is 12.5. The molecule has 0 aliphatic heterocycles. The van der Waals surface area contributed by atoms with Gasteiger partial charge < -0.3 is 0 Å². The van der Waals surface area contributed by atoms with Gasteiger partial charge in [0.2, 0.25) is 0 Å². The molecular formula is C16H18Br2O. The molecule has 3 unspecified atom stereocenters. The summed E-state index contributed by atoms with van der Waals surface area (Å²) in [5, 5.41) is 0. The van der Waals surface area contributed by atoms with Gasteiger partial charge in [0.25, 0.3) is 0 Å². The van der Waals surface area contributed by atoms with Crippen molar-refractivity contribution in [2.45, 2.75) is 39.0 Å². The molecular weight excluding hydrogens is 368 g/mol. The molecule has 0 saturated heterocycles. The topological polar surface area (TPSA) is 17.1 Å². The number of halogens is 2. The van der Waals surface area contributed by atoms with E-state index in [-0.39, 0.29) is 0 Å². The van der Waals surface area contributed by atoms with Crippen LogP contribution < -0.4 is 0 Å². The Morgan fingerprint density at radius 2 is 2.00 bits per heavy atom. The van der Waals surface area contributed by atoms with Gasteiger partial charge in [-0.2, -0.15) is 0 Å². The maximum absolute atomic E-state index is 12.5. The lowest BCUT2D eigenvalue weighted by Crippen LogP contribution is -2.15. The van der Waals surface area contributed by atoms with E-state index in [1.54, 1.807) is 0 Å². The number of hydrogen-bond acceptors (Lipinski definition) is 1. The van der Waals surface area contributed by atoms with E-state index in [1.807, 2.05) is 19.1 Å². The molecule has 0 aromatic heterocycles. The third kappa shape index (κ3) is 2.69. The van der Waals surface area contributed by atoms with Crippen LogP contribution in [0.5, 0.6) is 0 Å². The molecule has 0 spiro atoms. The fourth-order valence-electron chi connectivity index (χ4n) is 3.83. The largest absolute Gasteiger partial charge is 0.294 e. The molecule has 1 aromatic rings. The zero-order chi connectivity index (χ0) is 13.6. The van der Waals surface area contributed by atoms with Crippen LogP contribution in [0.3, 0.4) is 0 Å². The molecule has 0 radical (unpaired) electrons. The molecule has 0 N–H and O–H groups in total. The molecule has 0 amide bonds. The zero-order valence-electron chi connectivity index (χ0n) is 11.1. The maximum Gasteiger partial charge on any atom is 0.164 e. The summed E-state index contributed by atoms with van der Waals surface area (Å²) < 4.78 is 1.95. The molecule has 3 heteroatoms. The second-order valence-electron chi connectivity index (χ2n) is 6.14. The van der Waals surface area contributed by atoms with Crippen LogP contribution in [0.2, 0.25) is 0 Å². The SMILES string of the molecule is Cc1cc(Br)c(C(=O)CC2CC3CCC2C3)cc1Br. The van der Waals surface area contributed by atoms with Gasteiger partial charge in [-0.15, -0.1) is 0 Å². The Hall–Kier alpha value is -0.150. The number of Topliss-reactive ketones (excluding diaryl/α,β-unsaturated/α-hetero) is 1. The summed E-state index contributed by atoms with van der Waals surface area (Å²) in [6, 6.07) is 3.99. The molecule has 2 aliphatic carbocycles. The van der Waals surface area contributed by atoms with Gasteiger partial charge in [-0.3, -0.25) is 4.79 Å². The molecule has 102 valence electrons. The van der Waals surface area contributed by atoms with E-state index in [0.717, 1.165) is 38.3 Å². The Kier molecular flexibility index (Phi) is 3.87. The quantitative estimate of drug-likeness (QED) is 0.625. The second kappa shape index (κ2) is 5.33. The Morgan fingerprint density at radius 3 is 2.63 bits per heavy atom. The van der Waals surface area contributed by atoms with Crippen molar-refractivity contribution in [3.63, 3.8) is 0 Å². The van der Waals surface area contributed by atoms with Crippen molar-refractivity contribution in [2.24, 2.45) is 17.8 Å². The van der Waals surface area contributed by atoms with Crippen LogP contribution in [0.1, 0.15) is 48.0 Å². The number of aryl methyl sites for hydroxylation is 1. The second-order valence-corrected chi connectivity index (χ2v) is 7.85. The minimum absolute atomic E-state index is 0.296. The van der Waals surface area contributed by atoms with Gasteiger partial charge in [0.1, 0.15) is 0 Å². The minimum atomic E-state index is 0.296. The van der Waals surface area contributed by atoms with Crippen molar-refractivity contribution in [1.82, 2.24) is 0 Å². The summed E-state index contributed by atoms with van der Waals surface area (Å²) in [7, 11) is 0. The smallest absolute Gasteiger partial charge is 0.164 e. The first-order chi connectivity index (χ1) is 9.04.